The summed E-state index contributed by atoms with van der Waals surface area (Å²) in [7, 11) is 1.71. The standard InChI is InChI=1S/C18H22N4O3/c1-18(2,3)13-9-14(21-25-13)20-17(24)12-8-15(23)22(4)16(12)11-6-5-7-19-10-11/h5-7,9-10,12,16H,8H2,1-4H3,(H,20,21,24)/t12-,16+/m0/s1. The second-order valence-electron chi connectivity index (χ2n) is 7.36. The smallest absolute Gasteiger partial charge is 0.231 e. The first-order valence-electron chi connectivity index (χ1n) is 8.21. The van der Waals surface area contributed by atoms with E-state index in [1.165, 1.54) is 0 Å². The number of nitrogens with one attached hydrogen (secondary N) is 1. The highest BCUT2D eigenvalue weighted by Crippen LogP contribution is 2.37. The molecule has 7 nitrogen and oxygen atoms in total. The minimum atomic E-state index is -0.503. The topological polar surface area (TPSA) is 88.3 Å². The van der Waals surface area contributed by atoms with E-state index in [1.807, 2.05) is 26.8 Å². The van der Waals surface area contributed by atoms with E-state index in [9.17, 15) is 9.59 Å². The van der Waals surface area contributed by atoms with Crippen molar-refractivity contribution in [2.45, 2.75) is 38.6 Å². The zero-order valence-corrected chi connectivity index (χ0v) is 14.8. The number of amides is 2. The Kier molecular flexibility index (Phi) is 4.32. The molecule has 2 aromatic heterocycles. The minimum Gasteiger partial charge on any atom is -0.359 e. The highest BCUT2D eigenvalue weighted by molar-refractivity contribution is 5.97. The number of anilines is 1. The van der Waals surface area contributed by atoms with Crippen LogP contribution in [0.4, 0.5) is 5.82 Å². The molecule has 0 spiro atoms. The molecule has 1 fully saturated rings. The van der Waals surface area contributed by atoms with Crippen LogP contribution in [0, 0.1) is 5.92 Å². The molecule has 0 aromatic carbocycles. The van der Waals surface area contributed by atoms with Gasteiger partial charge in [0.15, 0.2) is 5.82 Å². The SMILES string of the molecule is CN1C(=O)C[C@H](C(=O)Nc2cc(C(C)(C)C)on2)[C@H]1c1cccnc1. The Balaban J connectivity index is 1.80. The summed E-state index contributed by atoms with van der Waals surface area (Å²) in [6.07, 6.45) is 3.51. The molecular formula is C18H22N4O3. The van der Waals surface area contributed by atoms with E-state index in [0.29, 0.717) is 11.6 Å². The molecule has 1 aliphatic rings. The van der Waals surface area contributed by atoms with Gasteiger partial charge < -0.3 is 14.7 Å². The van der Waals surface area contributed by atoms with Crippen molar-refractivity contribution < 1.29 is 14.1 Å². The van der Waals surface area contributed by atoms with E-state index >= 15 is 0 Å². The lowest BCUT2D eigenvalue weighted by molar-refractivity contribution is -0.128. The molecule has 0 saturated carbocycles. The number of carbonyl (C=O) groups is 2. The Morgan fingerprint density at radius 2 is 2.16 bits per heavy atom. The third kappa shape index (κ3) is 3.40. The van der Waals surface area contributed by atoms with E-state index < -0.39 is 5.92 Å². The molecule has 7 heteroatoms. The average molecular weight is 342 g/mol. The average Bonchev–Trinajstić information content (AvgIpc) is 3.14. The summed E-state index contributed by atoms with van der Waals surface area (Å²) in [5, 5.41) is 6.69. The van der Waals surface area contributed by atoms with E-state index in [0.717, 1.165) is 5.56 Å². The fourth-order valence-corrected chi connectivity index (χ4v) is 3.02. The normalized spacial score (nSPS) is 20.8. The Labute approximate surface area is 146 Å². The Morgan fingerprint density at radius 1 is 1.40 bits per heavy atom. The number of likely N-dealkylation sites (tertiary alicyclic amines) is 1. The molecule has 1 saturated heterocycles. The van der Waals surface area contributed by atoms with E-state index in [-0.39, 0.29) is 29.7 Å². The van der Waals surface area contributed by atoms with Crippen LogP contribution in [0.1, 0.15) is 44.6 Å². The van der Waals surface area contributed by atoms with Gasteiger partial charge in [-0.1, -0.05) is 32.0 Å². The Morgan fingerprint density at radius 3 is 2.76 bits per heavy atom. The van der Waals surface area contributed by atoms with Crippen LogP contribution in [0.25, 0.3) is 0 Å². The van der Waals surface area contributed by atoms with Crippen molar-refractivity contribution in [2.75, 3.05) is 12.4 Å². The van der Waals surface area contributed by atoms with Gasteiger partial charge in [-0.25, -0.2) is 0 Å². The summed E-state index contributed by atoms with van der Waals surface area (Å²) < 4.78 is 5.29. The first kappa shape index (κ1) is 17.1. The van der Waals surface area contributed by atoms with Crippen molar-refractivity contribution in [1.29, 1.82) is 0 Å². The van der Waals surface area contributed by atoms with Crippen molar-refractivity contribution in [2.24, 2.45) is 5.92 Å². The van der Waals surface area contributed by atoms with E-state index in [4.69, 9.17) is 4.52 Å². The molecule has 25 heavy (non-hydrogen) atoms. The van der Waals surface area contributed by atoms with Gasteiger partial charge in [-0.3, -0.25) is 14.6 Å². The number of nitrogens with zero attached hydrogens (tertiary/aromatic N) is 3. The molecule has 0 unspecified atom stereocenters. The van der Waals surface area contributed by atoms with Gasteiger partial charge in [0, 0.05) is 37.3 Å². The molecule has 2 amide bonds. The van der Waals surface area contributed by atoms with Gasteiger partial charge in [-0.2, -0.15) is 0 Å². The first-order valence-corrected chi connectivity index (χ1v) is 8.21. The van der Waals surface area contributed by atoms with Crippen molar-refractivity contribution in [1.82, 2.24) is 15.0 Å². The first-order chi connectivity index (χ1) is 11.8. The summed E-state index contributed by atoms with van der Waals surface area (Å²) in [5.74, 6) is 0.231. The maximum atomic E-state index is 12.8. The third-order valence-corrected chi connectivity index (χ3v) is 4.45. The third-order valence-electron chi connectivity index (χ3n) is 4.45. The summed E-state index contributed by atoms with van der Waals surface area (Å²) in [6.45, 7) is 6.01. The number of hydrogen-bond donors (Lipinski definition) is 1. The highest BCUT2D eigenvalue weighted by Gasteiger charge is 2.43. The van der Waals surface area contributed by atoms with Gasteiger partial charge in [-0.05, 0) is 11.6 Å². The lowest BCUT2D eigenvalue weighted by Gasteiger charge is -2.24. The molecule has 0 radical (unpaired) electrons. The molecular weight excluding hydrogens is 320 g/mol. The van der Waals surface area contributed by atoms with Gasteiger partial charge >= 0.3 is 0 Å². The van der Waals surface area contributed by atoms with Crippen molar-refractivity contribution in [3.8, 4) is 0 Å². The number of carbonyl (C=O) groups excluding carboxylic acids is 2. The van der Waals surface area contributed by atoms with Crippen LogP contribution in [0.2, 0.25) is 0 Å². The van der Waals surface area contributed by atoms with Crippen molar-refractivity contribution in [3.63, 3.8) is 0 Å². The van der Waals surface area contributed by atoms with Crippen LogP contribution >= 0.6 is 0 Å². The largest absolute Gasteiger partial charge is 0.359 e. The minimum absolute atomic E-state index is 0.0652. The van der Waals surface area contributed by atoms with Crippen LogP contribution in [0.3, 0.4) is 0 Å². The molecule has 2 aromatic rings. The second-order valence-corrected chi connectivity index (χ2v) is 7.36. The predicted molar refractivity (Wildman–Crippen MR) is 91.7 cm³/mol. The molecule has 1 aliphatic heterocycles. The van der Waals surface area contributed by atoms with Gasteiger partial charge in [0.2, 0.25) is 11.8 Å². The molecule has 0 bridgehead atoms. The number of pyridine rings is 1. The quantitative estimate of drug-likeness (QED) is 0.926. The van der Waals surface area contributed by atoms with Gasteiger partial charge in [-0.15, -0.1) is 0 Å². The van der Waals surface area contributed by atoms with Crippen LogP contribution in [0.15, 0.2) is 35.1 Å². The second kappa shape index (κ2) is 6.31. The van der Waals surface area contributed by atoms with Crippen LogP contribution in [-0.4, -0.2) is 33.9 Å². The summed E-state index contributed by atoms with van der Waals surface area (Å²) in [5.41, 5.74) is 0.643. The highest BCUT2D eigenvalue weighted by atomic mass is 16.5. The molecule has 3 heterocycles. The monoisotopic (exact) mass is 342 g/mol. The van der Waals surface area contributed by atoms with Crippen molar-refractivity contribution >= 4 is 17.6 Å². The van der Waals surface area contributed by atoms with Crippen molar-refractivity contribution in [3.05, 3.63) is 41.9 Å². The maximum Gasteiger partial charge on any atom is 0.231 e. The van der Waals surface area contributed by atoms with Crippen LogP contribution < -0.4 is 5.32 Å². The summed E-state index contributed by atoms with van der Waals surface area (Å²) >= 11 is 0. The lowest BCUT2D eigenvalue weighted by atomic mass is 9.93. The molecule has 3 rings (SSSR count). The van der Waals surface area contributed by atoms with Crippen LogP contribution in [-0.2, 0) is 15.0 Å². The Hall–Kier alpha value is -2.70. The van der Waals surface area contributed by atoms with Gasteiger partial charge in [0.1, 0.15) is 5.76 Å². The van der Waals surface area contributed by atoms with E-state index in [2.05, 4.69) is 15.5 Å². The fraction of sp³-hybridized carbons (Fsp3) is 0.444. The van der Waals surface area contributed by atoms with Gasteiger partial charge in [0.25, 0.3) is 0 Å². The van der Waals surface area contributed by atoms with E-state index in [1.54, 1.807) is 36.5 Å². The molecule has 1 N–H and O–H groups in total. The molecule has 132 valence electrons. The molecule has 2 atom stereocenters. The maximum absolute atomic E-state index is 12.8. The summed E-state index contributed by atoms with van der Waals surface area (Å²) in [4.78, 5) is 30.6. The number of aromatic nitrogens is 2. The zero-order chi connectivity index (χ0) is 18.2. The summed E-state index contributed by atoms with van der Waals surface area (Å²) in [6, 6.07) is 5.06. The predicted octanol–water partition coefficient (Wildman–Crippen LogP) is 2.53. The Bertz CT molecular complexity index is 779. The van der Waals surface area contributed by atoms with Crippen LogP contribution in [0.5, 0.6) is 0 Å². The molecule has 0 aliphatic carbocycles. The number of rotatable bonds is 3. The lowest BCUT2D eigenvalue weighted by Crippen LogP contribution is -2.30. The van der Waals surface area contributed by atoms with Gasteiger partial charge in [0.05, 0.1) is 12.0 Å². The zero-order valence-electron chi connectivity index (χ0n) is 14.8. The number of hydrogen-bond acceptors (Lipinski definition) is 5. The fourth-order valence-electron chi connectivity index (χ4n) is 3.02.